The number of hydrogen-bond donors (Lipinski definition) is 0. The molecule has 60 heavy (non-hydrogen) atoms. The van der Waals surface area contributed by atoms with E-state index in [1.54, 1.807) is 0 Å². The summed E-state index contributed by atoms with van der Waals surface area (Å²) < 4.78 is 7.29. The van der Waals surface area contributed by atoms with E-state index in [-0.39, 0.29) is 16.2 Å². The Morgan fingerprint density at radius 2 is 0.633 bits per heavy atom. The molecule has 0 bridgehead atoms. The fourth-order valence-corrected chi connectivity index (χ4v) is 11.0. The van der Waals surface area contributed by atoms with E-state index in [2.05, 4.69) is 231 Å². The summed E-state index contributed by atoms with van der Waals surface area (Å²) in [7, 11) is 0. The number of para-hydroxylation sites is 4. The molecule has 0 saturated heterocycles. The second-order valence-electron chi connectivity index (χ2n) is 18.7. The zero-order chi connectivity index (χ0) is 40.7. The summed E-state index contributed by atoms with van der Waals surface area (Å²) in [6, 6.07) is 65.4. The lowest BCUT2D eigenvalue weighted by Crippen LogP contribution is -2.42. The van der Waals surface area contributed by atoms with Gasteiger partial charge in [0.25, 0.3) is 0 Å². The Balaban J connectivity index is 1.01. The molecule has 0 spiro atoms. The standard InChI is InChI=1S/C57H47N3/c1-55(2)47-34-46-45-33-37(25-31-53(45)60(38-16-8-7-9-17-38)54(46)35-48(47)56(3,4)57(55,5)6)36-24-30-52-44(32-36)43-20-12-15-23-51(43)59(52)40-28-26-39(27-29-40)58-49-21-13-10-18-41(49)42-19-11-14-22-50(42)58/h7-35H,1-6H3. The van der Waals surface area contributed by atoms with Gasteiger partial charge in [0.1, 0.15) is 0 Å². The van der Waals surface area contributed by atoms with Crippen LogP contribution in [0.2, 0.25) is 0 Å². The first kappa shape index (κ1) is 35.1. The maximum absolute atomic E-state index is 2.54. The molecular formula is C57H47N3. The highest BCUT2D eigenvalue weighted by atomic mass is 15.0. The van der Waals surface area contributed by atoms with Gasteiger partial charge in [0.05, 0.1) is 33.1 Å². The third-order valence-electron chi connectivity index (χ3n) is 15.3. The molecule has 1 aliphatic carbocycles. The highest BCUT2D eigenvalue weighted by molar-refractivity contribution is 6.13. The van der Waals surface area contributed by atoms with Gasteiger partial charge in [-0.25, -0.2) is 0 Å². The maximum atomic E-state index is 2.54. The van der Waals surface area contributed by atoms with Crippen LogP contribution < -0.4 is 0 Å². The predicted molar refractivity (Wildman–Crippen MR) is 255 cm³/mol. The van der Waals surface area contributed by atoms with Crippen LogP contribution in [0.5, 0.6) is 0 Å². The summed E-state index contributed by atoms with van der Waals surface area (Å²) in [5, 5.41) is 7.67. The maximum Gasteiger partial charge on any atom is 0.0544 e. The number of benzene rings is 8. The van der Waals surface area contributed by atoms with Crippen LogP contribution in [0.4, 0.5) is 0 Å². The molecule has 0 unspecified atom stereocenters. The summed E-state index contributed by atoms with van der Waals surface area (Å²) in [6.45, 7) is 14.7. The van der Waals surface area contributed by atoms with E-state index >= 15 is 0 Å². The second-order valence-corrected chi connectivity index (χ2v) is 18.7. The Bertz CT molecular complexity index is 3500. The lowest BCUT2D eigenvalue weighted by molar-refractivity contribution is 0.125. The molecule has 290 valence electrons. The van der Waals surface area contributed by atoms with Crippen LogP contribution in [0, 0.1) is 5.41 Å². The van der Waals surface area contributed by atoms with E-state index < -0.39 is 0 Å². The lowest BCUT2D eigenvalue weighted by atomic mass is 9.59. The Morgan fingerprint density at radius 3 is 1.13 bits per heavy atom. The summed E-state index contributed by atoms with van der Waals surface area (Å²) in [5.74, 6) is 0. The van der Waals surface area contributed by atoms with Crippen molar-refractivity contribution in [3.63, 3.8) is 0 Å². The minimum Gasteiger partial charge on any atom is -0.309 e. The van der Waals surface area contributed by atoms with Gasteiger partial charge in [-0.3, -0.25) is 0 Å². The molecule has 0 N–H and O–H groups in total. The van der Waals surface area contributed by atoms with Gasteiger partial charge in [-0.2, -0.15) is 0 Å². The van der Waals surface area contributed by atoms with Crippen molar-refractivity contribution in [2.24, 2.45) is 5.41 Å². The molecule has 11 aromatic rings. The van der Waals surface area contributed by atoms with Crippen molar-refractivity contribution < 1.29 is 0 Å². The highest BCUT2D eigenvalue weighted by Gasteiger charge is 2.57. The summed E-state index contributed by atoms with van der Waals surface area (Å²) in [4.78, 5) is 0. The summed E-state index contributed by atoms with van der Waals surface area (Å²) >= 11 is 0. The molecule has 0 amide bonds. The van der Waals surface area contributed by atoms with Crippen LogP contribution in [0.15, 0.2) is 176 Å². The van der Waals surface area contributed by atoms with Gasteiger partial charge in [-0.1, -0.05) is 126 Å². The average molecular weight is 774 g/mol. The minimum absolute atomic E-state index is 0.0173. The molecule has 0 fully saturated rings. The van der Waals surface area contributed by atoms with Crippen molar-refractivity contribution in [1.29, 1.82) is 0 Å². The van der Waals surface area contributed by atoms with E-state index in [0.29, 0.717) is 0 Å². The molecule has 3 heterocycles. The zero-order valence-corrected chi connectivity index (χ0v) is 35.1. The molecular weight excluding hydrogens is 727 g/mol. The monoisotopic (exact) mass is 773 g/mol. The van der Waals surface area contributed by atoms with Crippen LogP contribution in [-0.4, -0.2) is 13.7 Å². The molecule has 0 atom stereocenters. The first-order chi connectivity index (χ1) is 29.0. The van der Waals surface area contributed by atoms with E-state index in [1.807, 2.05) is 0 Å². The molecule has 0 radical (unpaired) electrons. The number of hydrogen-bond acceptors (Lipinski definition) is 0. The molecule has 3 aromatic heterocycles. The predicted octanol–water partition coefficient (Wildman–Crippen LogP) is 15.2. The fraction of sp³-hybridized carbons (Fsp3) is 0.158. The third kappa shape index (κ3) is 4.55. The Morgan fingerprint density at radius 1 is 0.283 bits per heavy atom. The Hall–Kier alpha value is -6.84. The van der Waals surface area contributed by atoms with Gasteiger partial charge in [0, 0.05) is 49.4 Å². The molecule has 1 aliphatic rings. The molecule has 3 nitrogen and oxygen atoms in total. The molecule has 3 heteroatoms. The van der Waals surface area contributed by atoms with Crippen LogP contribution in [0.1, 0.15) is 52.7 Å². The largest absolute Gasteiger partial charge is 0.309 e. The van der Waals surface area contributed by atoms with Crippen LogP contribution in [-0.2, 0) is 10.8 Å². The molecule has 0 saturated carbocycles. The van der Waals surface area contributed by atoms with Crippen molar-refractivity contribution in [3.8, 4) is 28.2 Å². The zero-order valence-electron chi connectivity index (χ0n) is 35.1. The fourth-order valence-electron chi connectivity index (χ4n) is 11.0. The van der Waals surface area contributed by atoms with Gasteiger partial charge in [0.2, 0.25) is 0 Å². The number of nitrogens with zero attached hydrogens (tertiary/aromatic N) is 3. The van der Waals surface area contributed by atoms with Crippen molar-refractivity contribution in [2.75, 3.05) is 0 Å². The summed E-state index contributed by atoms with van der Waals surface area (Å²) in [6.07, 6.45) is 0. The number of fused-ring (bicyclic) bond motifs is 10. The number of rotatable bonds is 4. The van der Waals surface area contributed by atoms with Gasteiger partial charge in [-0.05, 0) is 129 Å². The Labute approximate surface area is 350 Å². The van der Waals surface area contributed by atoms with Gasteiger partial charge < -0.3 is 13.7 Å². The van der Waals surface area contributed by atoms with E-state index in [0.717, 1.165) is 11.4 Å². The average Bonchev–Trinajstić information content (AvgIpc) is 3.93. The first-order valence-electron chi connectivity index (χ1n) is 21.4. The smallest absolute Gasteiger partial charge is 0.0544 e. The van der Waals surface area contributed by atoms with Crippen LogP contribution >= 0.6 is 0 Å². The minimum atomic E-state index is 0.0173. The first-order valence-corrected chi connectivity index (χ1v) is 21.4. The quantitative estimate of drug-likeness (QED) is 0.169. The van der Waals surface area contributed by atoms with Crippen molar-refractivity contribution in [2.45, 2.75) is 52.4 Å². The van der Waals surface area contributed by atoms with Crippen LogP contribution in [0.3, 0.4) is 0 Å². The van der Waals surface area contributed by atoms with Crippen molar-refractivity contribution >= 4 is 65.4 Å². The SMILES string of the molecule is CC1(C)c2cc3c4cc(-c5ccc6c(c5)c5ccccc5n6-c5ccc(-n6c7ccccc7c7ccccc76)cc5)ccc4n(-c4ccccc4)c3cc2C(C)(C)C1(C)C. The topological polar surface area (TPSA) is 14.8 Å². The van der Waals surface area contributed by atoms with E-state index in [1.165, 1.54) is 93.4 Å². The number of aromatic nitrogens is 3. The molecule has 8 aromatic carbocycles. The highest BCUT2D eigenvalue weighted by Crippen LogP contribution is 2.62. The van der Waals surface area contributed by atoms with Crippen molar-refractivity contribution in [1.82, 2.24) is 13.7 Å². The molecule has 0 aliphatic heterocycles. The van der Waals surface area contributed by atoms with Crippen LogP contribution in [0.25, 0.3) is 93.6 Å². The normalized spacial score (nSPS) is 15.6. The van der Waals surface area contributed by atoms with E-state index in [4.69, 9.17) is 0 Å². The lowest BCUT2D eigenvalue weighted by Gasteiger charge is -2.44. The molecule has 12 rings (SSSR count). The van der Waals surface area contributed by atoms with Gasteiger partial charge >= 0.3 is 0 Å². The second kappa shape index (κ2) is 12.1. The van der Waals surface area contributed by atoms with Gasteiger partial charge in [-0.15, -0.1) is 0 Å². The van der Waals surface area contributed by atoms with Crippen molar-refractivity contribution in [3.05, 3.63) is 187 Å². The Kier molecular flexibility index (Phi) is 7.09. The third-order valence-corrected chi connectivity index (χ3v) is 15.3. The van der Waals surface area contributed by atoms with E-state index in [9.17, 15) is 0 Å². The van der Waals surface area contributed by atoms with Gasteiger partial charge in [0.15, 0.2) is 0 Å². The summed E-state index contributed by atoms with van der Waals surface area (Å²) in [5.41, 5.74) is 16.4.